The number of carboxylic acids is 1. The van der Waals surface area contributed by atoms with E-state index in [2.05, 4.69) is 28.9 Å². The van der Waals surface area contributed by atoms with Gasteiger partial charge >= 0.3 is 12.1 Å². The number of pyridine rings is 1. The third kappa shape index (κ3) is 6.75. The fourth-order valence-corrected chi connectivity index (χ4v) is 3.33. The molecule has 3 rings (SSSR count). The number of rotatable bonds is 4. The maximum Gasteiger partial charge on any atom is 0.490 e. The predicted molar refractivity (Wildman–Crippen MR) is 91.2 cm³/mol. The second-order valence-corrected chi connectivity index (χ2v) is 6.68. The minimum atomic E-state index is -5.08. The highest BCUT2D eigenvalue weighted by atomic mass is 19.4. The summed E-state index contributed by atoms with van der Waals surface area (Å²) in [5.41, 5.74) is 1.24. The Bertz CT molecular complexity index is 590. The molecule has 1 N–H and O–H groups in total. The van der Waals surface area contributed by atoms with Crippen molar-refractivity contribution in [3.8, 4) is 0 Å². The summed E-state index contributed by atoms with van der Waals surface area (Å²) in [7, 11) is 0. The van der Waals surface area contributed by atoms with Crippen LogP contribution in [0.2, 0.25) is 0 Å². The second kappa shape index (κ2) is 9.48. The van der Waals surface area contributed by atoms with Crippen LogP contribution in [0, 0.1) is 0 Å². The van der Waals surface area contributed by atoms with E-state index in [0.717, 1.165) is 57.8 Å². The van der Waals surface area contributed by atoms with Gasteiger partial charge in [-0.2, -0.15) is 13.2 Å². The Balaban J connectivity index is 0.000000321. The summed E-state index contributed by atoms with van der Waals surface area (Å²) >= 11 is 0. The Morgan fingerprint density at radius 3 is 2.59 bits per heavy atom. The van der Waals surface area contributed by atoms with E-state index >= 15 is 0 Å². The summed E-state index contributed by atoms with van der Waals surface area (Å²) in [6.07, 6.45) is 0.390. The Morgan fingerprint density at radius 1 is 1.41 bits per heavy atom. The molecule has 0 radical (unpaired) electrons. The highest BCUT2D eigenvalue weighted by molar-refractivity contribution is 5.73. The van der Waals surface area contributed by atoms with Gasteiger partial charge in [0, 0.05) is 38.9 Å². The van der Waals surface area contributed by atoms with Gasteiger partial charge in [-0.1, -0.05) is 6.07 Å². The van der Waals surface area contributed by atoms with Crippen LogP contribution in [0.1, 0.15) is 31.9 Å². The van der Waals surface area contributed by atoms with Crippen LogP contribution in [-0.2, 0) is 20.8 Å². The van der Waals surface area contributed by atoms with Gasteiger partial charge in [-0.25, -0.2) is 4.79 Å². The molecule has 0 aliphatic carbocycles. The number of hydrogen-bond donors (Lipinski definition) is 1. The molecule has 1 aromatic heterocycles. The Labute approximate surface area is 156 Å². The van der Waals surface area contributed by atoms with Gasteiger partial charge in [0.1, 0.15) is 0 Å². The molecule has 9 heteroatoms. The summed E-state index contributed by atoms with van der Waals surface area (Å²) in [6, 6.07) is 6.12. The number of aliphatic carboxylic acids is 1. The zero-order valence-corrected chi connectivity index (χ0v) is 15.2. The van der Waals surface area contributed by atoms with E-state index in [9.17, 15) is 13.2 Å². The number of nitrogens with zero attached hydrogens (tertiary/aromatic N) is 2. The van der Waals surface area contributed by atoms with Gasteiger partial charge in [0.25, 0.3) is 0 Å². The van der Waals surface area contributed by atoms with Crippen LogP contribution in [0.25, 0.3) is 0 Å². The van der Waals surface area contributed by atoms with E-state index in [4.69, 9.17) is 19.4 Å². The van der Waals surface area contributed by atoms with Crippen molar-refractivity contribution in [1.82, 2.24) is 9.88 Å². The van der Waals surface area contributed by atoms with E-state index in [1.54, 1.807) is 0 Å². The van der Waals surface area contributed by atoms with Crippen molar-refractivity contribution in [2.24, 2.45) is 0 Å². The van der Waals surface area contributed by atoms with Gasteiger partial charge in [-0.3, -0.25) is 9.88 Å². The first kappa shape index (κ1) is 21.6. The molecule has 2 aliphatic rings. The standard InChI is InChI=1S/C16H24N2O2.C2HF3O2/c1-2-19-15-11-16(20-13-15)6-9-18(10-7-16)12-14-5-3-4-8-17-14;3-2(4,5)1(6)7/h3-5,8,15H,2,6-7,9-13H2,1H3;(H,6,7). The Hall–Kier alpha value is -1.71. The summed E-state index contributed by atoms with van der Waals surface area (Å²) in [5.74, 6) is -2.76. The third-order valence-corrected chi connectivity index (χ3v) is 4.70. The number of aromatic nitrogens is 1. The fourth-order valence-electron chi connectivity index (χ4n) is 3.33. The average molecular weight is 390 g/mol. The lowest BCUT2D eigenvalue weighted by Gasteiger charge is -2.38. The van der Waals surface area contributed by atoms with Crippen LogP contribution < -0.4 is 0 Å². The lowest BCUT2D eigenvalue weighted by atomic mass is 9.88. The van der Waals surface area contributed by atoms with Gasteiger partial charge in [-0.15, -0.1) is 0 Å². The number of carbonyl (C=O) groups is 1. The van der Waals surface area contributed by atoms with Gasteiger partial charge < -0.3 is 14.6 Å². The van der Waals surface area contributed by atoms with Crippen LogP contribution in [0.5, 0.6) is 0 Å². The van der Waals surface area contributed by atoms with Gasteiger partial charge in [0.2, 0.25) is 0 Å². The molecule has 0 amide bonds. The van der Waals surface area contributed by atoms with Crippen LogP contribution in [0.3, 0.4) is 0 Å². The number of piperidine rings is 1. The SMILES string of the molecule is CCOC1COC2(CCN(Cc3ccccn3)CC2)C1.O=C(O)C(F)(F)F. The number of hydrogen-bond acceptors (Lipinski definition) is 5. The summed E-state index contributed by atoms with van der Waals surface area (Å²) < 4.78 is 43.5. The van der Waals surface area contributed by atoms with Crippen molar-refractivity contribution < 1.29 is 32.5 Å². The normalized spacial score (nSPS) is 22.3. The zero-order chi connectivity index (χ0) is 19.9. The van der Waals surface area contributed by atoms with Crippen molar-refractivity contribution in [2.45, 2.75) is 50.6 Å². The molecule has 2 fully saturated rings. The minimum Gasteiger partial charge on any atom is -0.475 e. The topological polar surface area (TPSA) is 71.9 Å². The molecule has 0 aromatic carbocycles. The molecule has 2 aliphatic heterocycles. The molecular formula is C18H25F3N2O4. The van der Waals surface area contributed by atoms with Gasteiger partial charge in [0.05, 0.1) is 24.0 Å². The molecule has 27 heavy (non-hydrogen) atoms. The molecule has 0 saturated carbocycles. The minimum absolute atomic E-state index is 0.0838. The van der Waals surface area contributed by atoms with E-state index in [0.29, 0.717) is 6.10 Å². The van der Waals surface area contributed by atoms with E-state index < -0.39 is 12.1 Å². The van der Waals surface area contributed by atoms with E-state index in [1.807, 2.05) is 12.3 Å². The molecule has 3 heterocycles. The second-order valence-electron chi connectivity index (χ2n) is 6.68. The maximum absolute atomic E-state index is 10.6. The molecule has 1 spiro atoms. The molecule has 0 bridgehead atoms. The quantitative estimate of drug-likeness (QED) is 0.853. The van der Waals surface area contributed by atoms with E-state index in [1.165, 1.54) is 0 Å². The van der Waals surface area contributed by atoms with Gasteiger partial charge in [0.15, 0.2) is 0 Å². The van der Waals surface area contributed by atoms with Crippen molar-refractivity contribution in [2.75, 3.05) is 26.3 Å². The van der Waals surface area contributed by atoms with Crippen molar-refractivity contribution in [1.29, 1.82) is 0 Å². The van der Waals surface area contributed by atoms with Crippen LogP contribution in [-0.4, -0.2) is 65.1 Å². The number of ether oxygens (including phenoxy) is 2. The molecule has 2 saturated heterocycles. The molecule has 1 atom stereocenters. The monoisotopic (exact) mass is 390 g/mol. The molecule has 6 nitrogen and oxygen atoms in total. The molecule has 1 aromatic rings. The first-order chi connectivity index (χ1) is 12.7. The fraction of sp³-hybridized carbons (Fsp3) is 0.667. The first-order valence-corrected chi connectivity index (χ1v) is 8.92. The lowest BCUT2D eigenvalue weighted by molar-refractivity contribution is -0.192. The van der Waals surface area contributed by atoms with Crippen molar-refractivity contribution >= 4 is 5.97 Å². The average Bonchev–Trinajstić information content (AvgIpc) is 3.01. The first-order valence-electron chi connectivity index (χ1n) is 8.92. The number of halogens is 3. The summed E-state index contributed by atoms with van der Waals surface area (Å²) in [6.45, 7) is 6.75. The Kier molecular flexibility index (Phi) is 7.58. The number of carboxylic acid groups (broad SMARTS) is 1. The molecule has 152 valence electrons. The highest BCUT2D eigenvalue weighted by Crippen LogP contribution is 2.37. The van der Waals surface area contributed by atoms with Crippen LogP contribution in [0.15, 0.2) is 24.4 Å². The molecular weight excluding hydrogens is 365 g/mol. The van der Waals surface area contributed by atoms with Crippen LogP contribution >= 0.6 is 0 Å². The van der Waals surface area contributed by atoms with E-state index in [-0.39, 0.29) is 5.60 Å². The maximum atomic E-state index is 10.6. The third-order valence-electron chi connectivity index (χ3n) is 4.70. The predicted octanol–water partition coefficient (Wildman–Crippen LogP) is 2.87. The largest absolute Gasteiger partial charge is 0.490 e. The van der Waals surface area contributed by atoms with Crippen molar-refractivity contribution in [3.05, 3.63) is 30.1 Å². The summed E-state index contributed by atoms with van der Waals surface area (Å²) in [4.78, 5) is 15.8. The Morgan fingerprint density at radius 2 is 2.07 bits per heavy atom. The number of likely N-dealkylation sites (tertiary alicyclic amines) is 1. The smallest absolute Gasteiger partial charge is 0.475 e. The molecule has 1 unspecified atom stereocenters. The summed E-state index contributed by atoms with van der Waals surface area (Å²) in [5, 5.41) is 7.12. The van der Waals surface area contributed by atoms with Crippen molar-refractivity contribution in [3.63, 3.8) is 0 Å². The zero-order valence-electron chi connectivity index (χ0n) is 15.2. The van der Waals surface area contributed by atoms with Gasteiger partial charge in [-0.05, 0) is 31.9 Å². The highest BCUT2D eigenvalue weighted by Gasteiger charge is 2.43. The lowest BCUT2D eigenvalue weighted by Crippen LogP contribution is -2.44. The van der Waals surface area contributed by atoms with Crippen LogP contribution in [0.4, 0.5) is 13.2 Å². The number of alkyl halides is 3.